The van der Waals surface area contributed by atoms with Crippen molar-refractivity contribution in [3.8, 4) is 17.2 Å². The highest BCUT2D eigenvalue weighted by atomic mass is 16.4. The standard InChI is InChI=1S/C26H22N2O3/c27-18-19-6-8-20(9-7-19)21-10-12-22(13-11-21)24(29)28-16-14-26(15-17-28,25(30)31)23-4-2-1-3-5-23/h1-13H,14-17H2,(H,30,31). The maximum Gasteiger partial charge on any atom is 0.314 e. The SMILES string of the molecule is N#Cc1ccc(-c2ccc(C(=O)N3CCC(C(=O)O)(c4ccccc4)CC3)cc2)cc1. The number of carbonyl (C=O) groups excluding carboxylic acids is 1. The van der Waals surface area contributed by atoms with E-state index in [1.54, 1.807) is 29.2 Å². The lowest BCUT2D eigenvalue weighted by Crippen LogP contribution is -2.49. The van der Waals surface area contributed by atoms with Gasteiger partial charge in [0.25, 0.3) is 5.91 Å². The first kappa shape index (κ1) is 20.4. The molecular formula is C26H22N2O3. The molecule has 1 aliphatic heterocycles. The van der Waals surface area contributed by atoms with Crippen molar-refractivity contribution in [1.82, 2.24) is 4.90 Å². The predicted molar refractivity (Wildman–Crippen MR) is 117 cm³/mol. The molecule has 0 unspecified atom stereocenters. The molecule has 3 aromatic rings. The Kier molecular flexibility index (Phi) is 5.55. The van der Waals surface area contributed by atoms with Gasteiger partial charge in [0, 0.05) is 18.7 Å². The van der Waals surface area contributed by atoms with Gasteiger partial charge in [-0.15, -0.1) is 0 Å². The van der Waals surface area contributed by atoms with E-state index in [1.165, 1.54) is 0 Å². The van der Waals surface area contributed by atoms with Crippen LogP contribution in [-0.2, 0) is 10.2 Å². The van der Waals surface area contributed by atoms with E-state index in [9.17, 15) is 14.7 Å². The van der Waals surface area contributed by atoms with Crippen LogP contribution in [0.4, 0.5) is 0 Å². The molecule has 0 atom stereocenters. The van der Waals surface area contributed by atoms with Gasteiger partial charge in [-0.2, -0.15) is 5.26 Å². The minimum Gasteiger partial charge on any atom is -0.481 e. The molecule has 154 valence electrons. The van der Waals surface area contributed by atoms with E-state index in [4.69, 9.17) is 5.26 Å². The lowest BCUT2D eigenvalue weighted by molar-refractivity contribution is -0.145. The highest BCUT2D eigenvalue weighted by Gasteiger charge is 2.43. The number of hydrogen-bond donors (Lipinski definition) is 1. The van der Waals surface area contributed by atoms with Crippen LogP contribution in [0.25, 0.3) is 11.1 Å². The number of hydrogen-bond acceptors (Lipinski definition) is 3. The number of nitriles is 1. The molecule has 4 rings (SSSR count). The Morgan fingerprint density at radius 1 is 0.839 bits per heavy atom. The Morgan fingerprint density at radius 2 is 1.39 bits per heavy atom. The van der Waals surface area contributed by atoms with Crippen LogP contribution in [0.15, 0.2) is 78.9 Å². The molecule has 0 aromatic heterocycles. The summed E-state index contributed by atoms with van der Waals surface area (Å²) in [5, 5.41) is 18.9. The average Bonchev–Trinajstić information content (AvgIpc) is 2.84. The second-order valence-electron chi connectivity index (χ2n) is 7.81. The summed E-state index contributed by atoms with van der Waals surface area (Å²) >= 11 is 0. The molecule has 0 spiro atoms. The van der Waals surface area contributed by atoms with Crippen molar-refractivity contribution < 1.29 is 14.7 Å². The van der Waals surface area contributed by atoms with Crippen molar-refractivity contribution >= 4 is 11.9 Å². The number of likely N-dealkylation sites (tertiary alicyclic amines) is 1. The molecular weight excluding hydrogens is 388 g/mol. The molecule has 1 heterocycles. The fraction of sp³-hybridized carbons (Fsp3) is 0.192. The van der Waals surface area contributed by atoms with Gasteiger partial charge in [0.15, 0.2) is 0 Å². The second kappa shape index (κ2) is 8.45. The quantitative estimate of drug-likeness (QED) is 0.687. The van der Waals surface area contributed by atoms with Crippen molar-refractivity contribution in [2.45, 2.75) is 18.3 Å². The molecule has 1 saturated heterocycles. The topological polar surface area (TPSA) is 81.4 Å². The zero-order valence-corrected chi connectivity index (χ0v) is 17.0. The molecule has 1 fully saturated rings. The number of carboxylic acids is 1. The molecule has 1 amide bonds. The number of benzene rings is 3. The maximum atomic E-state index is 13.0. The summed E-state index contributed by atoms with van der Waals surface area (Å²) in [6, 6.07) is 26.1. The van der Waals surface area contributed by atoms with E-state index < -0.39 is 11.4 Å². The number of piperidine rings is 1. The Bertz CT molecular complexity index is 1120. The summed E-state index contributed by atoms with van der Waals surface area (Å²) in [4.78, 5) is 26.8. The normalized spacial score (nSPS) is 15.1. The third-order valence-electron chi connectivity index (χ3n) is 6.12. The summed E-state index contributed by atoms with van der Waals surface area (Å²) in [6.07, 6.45) is 0.781. The Balaban J connectivity index is 1.47. The van der Waals surface area contributed by atoms with Gasteiger partial charge in [0.2, 0.25) is 0 Å². The summed E-state index contributed by atoms with van der Waals surface area (Å²) in [5.74, 6) is -0.920. The Labute approximate surface area is 181 Å². The van der Waals surface area contributed by atoms with Gasteiger partial charge < -0.3 is 10.0 Å². The second-order valence-corrected chi connectivity index (χ2v) is 7.81. The van der Waals surface area contributed by atoms with Crippen LogP contribution in [-0.4, -0.2) is 35.0 Å². The lowest BCUT2D eigenvalue weighted by atomic mass is 9.72. The van der Waals surface area contributed by atoms with Gasteiger partial charge >= 0.3 is 5.97 Å². The lowest BCUT2D eigenvalue weighted by Gasteiger charge is -2.39. The van der Waals surface area contributed by atoms with Crippen LogP contribution in [0, 0.1) is 11.3 Å². The van der Waals surface area contributed by atoms with Crippen LogP contribution in [0.3, 0.4) is 0 Å². The van der Waals surface area contributed by atoms with Gasteiger partial charge in [-0.1, -0.05) is 54.6 Å². The predicted octanol–water partition coefficient (Wildman–Crippen LogP) is 4.48. The molecule has 5 nitrogen and oxygen atoms in total. The summed E-state index contributed by atoms with van der Waals surface area (Å²) in [7, 11) is 0. The minimum atomic E-state index is -0.947. The number of nitrogens with zero attached hydrogens (tertiary/aromatic N) is 2. The number of aliphatic carboxylic acids is 1. The molecule has 0 radical (unpaired) electrons. The number of rotatable bonds is 4. The van der Waals surface area contributed by atoms with Crippen molar-refractivity contribution in [2.75, 3.05) is 13.1 Å². The van der Waals surface area contributed by atoms with Gasteiger partial charge in [-0.25, -0.2) is 0 Å². The van der Waals surface area contributed by atoms with E-state index in [0.717, 1.165) is 16.7 Å². The van der Waals surface area contributed by atoms with Crippen LogP contribution in [0.2, 0.25) is 0 Å². The summed E-state index contributed by atoms with van der Waals surface area (Å²) in [5.41, 5.74) is 2.98. The van der Waals surface area contributed by atoms with E-state index >= 15 is 0 Å². The molecule has 0 saturated carbocycles. The fourth-order valence-electron chi connectivity index (χ4n) is 4.20. The van der Waals surface area contributed by atoms with E-state index in [-0.39, 0.29) is 5.91 Å². The maximum absolute atomic E-state index is 13.0. The van der Waals surface area contributed by atoms with Crippen molar-refractivity contribution in [3.05, 3.63) is 95.6 Å². The molecule has 1 aliphatic rings. The summed E-state index contributed by atoms with van der Waals surface area (Å²) < 4.78 is 0. The number of carboxylic acid groups (broad SMARTS) is 1. The highest BCUT2D eigenvalue weighted by molar-refractivity contribution is 5.95. The molecule has 1 N–H and O–H groups in total. The Morgan fingerprint density at radius 3 is 1.90 bits per heavy atom. The smallest absolute Gasteiger partial charge is 0.314 e. The Hall–Kier alpha value is -3.91. The molecule has 0 aliphatic carbocycles. The van der Waals surface area contributed by atoms with Gasteiger partial charge in [0.1, 0.15) is 0 Å². The molecule has 0 bridgehead atoms. The fourth-order valence-corrected chi connectivity index (χ4v) is 4.20. The first-order valence-electron chi connectivity index (χ1n) is 10.2. The zero-order chi connectivity index (χ0) is 21.8. The first-order chi connectivity index (χ1) is 15.0. The van der Waals surface area contributed by atoms with Gasteiger partial charge in [0.05, 0.1) is 17.0 Å². The van der Waals surface area contributed by atoms with Gasteiger partial charge in [-0.3, -0.25) is 9.59 Å². The zero-order valence-electron chi connectivity index (χ0n) is 17.0. The minimum absolute atomic E-state index is 0.0848. The molecule has 5 heteroatoms. The monoisotopic (exact) mass is 410 g/mol. The van der Waals surface area contributed by atoms with E-state index in [0.29, 0.717) is 37.1 Å². The van der Waals surface area contributed by atoms with Crippen molar-refractivity contribution in [3.63, 3.8) is 0 Å². The molecule has 31 heavy (non-hydrogen) atoms. The van der Waals surface area contributed by atoms with E-state index in [2.05, 4.69) is 6.07 Å². The van der Waals surface area contributed by atoms with Crippen molar-refractivity contribution in [1.29, 1.82) is 5.26 Å². The molecule has 3 aromatic carbocycles. The summed E-state index contributed by atoms with van der Waals surface area (Å²) in [6.45, 7) is 0.800. The highest BCUT2D eigenvalue weighted by Crippen LogP contribution is 2.36. The van der Waals surface area contributed by atoms with Crippen LogP contribution >= 0.6 is 0 Å². The number of carbonyl (C=O) groups is 2. The third-order valence-corrected chi connectivity index (χ3v) is 6.12. The van der Waals surface area contributed by atoms with E-state index in [1.807, 2.05) is 54.6 Å². The first-order valence-corrected chi connectivity index (χ1v) is 10.2. The average molecular weight is 410 g/mol. The van der Waals surface area contributed by atoms with Crippen LogP contribution in [0.5, 0.6) is 0 Å². The third kappa shape index (κ3) is 3.93. The van der Waals surface area contributed by atoms with Crippen LogP contribution in [0.1, 0.15) is 34.3 Å². The van der Waals surface area contributed by atoms with Crippen LogP contribution < -0.4 is 0 Å². The van der Waals surface area contributed by atoms with Gasteiger partial charge in [-0.05, 0) is 53.8 Å². The van der Waals surface area contributed by atoms with Crippen molar-refractivity contribution in [2.24, 2.45) is 0 Å². The largest absolute Gasteiger partial charge is 0.481 e. The number of amides is 1.